The topological polar surface area (TPSA) is 79.2 Å². The van der Waals surface area contributed by atoms with Crippen LogP contribution in [0.15, 0.2) is 72.3 Å². The fourth-order valence-corrected chi connectivity index (χ4v) is 3.01. The van der Waals surface area contributed by atoms with E-state index < -0.39 is 24.4 Å². The molecule has 0 saturated carbocycles. The van der Waals surface area contributed by atoms with Gasteiger partial charge in [-0.25, -0.2) is 0 Å². The van der Waals surface area contributed by atoms with E-state index >= 15 is 0 Å². The third-order valence-electron chi connectivity index (χ3n) is 4.50. The second-order valence-electron chi connectivity index (χ2n) is 6.36. The van der Waals surface area contributed by atoms with Gasteiger partial charge in [-0.3, -0.25) is 0 Å². The van der Waals surface area contributed by atoms with E-state index in [-0.39, 0.29) is 13.2 Å². The first-order valence-corrected chi connectivity index (χ1v) is 8.67. The summed E-state index contributed by atoms with van der Waals surface area (Å²) in [6.45, 7) is 0.257. The van der Waals surface area contributed by atoms with Crippen molar-refractivity contribution in [2.24, 2.45) is 0 Å². The van der Waals surface area contributed by atoms with Crippen LogP contribution < -0.4 is 0 Å². The number of rotatable bonds is 7. The van der Waals surface area contributed by atoms with Gasteiger partial charge in [0.2, 0.25) is 0 Å². The Morgan fingerprint density at radius 1 is 0.769 bits per heavy atom. The summed E-state index contributed by atoms with van der Waals surface area (Å²) in [5.74, 6) is 0. The Morgan fingerprint density at radius 2 is 1.31 bits per heavy atom. The first-order chi connectivity index (χ1) is 12.7. The molecule has 1 aliphatic carbocycles. The molecule has 2 aromatic rings. The molecule has 0 unspecified atom stereocenters. The van der Waals surface area contributed by atoms with Crippen molar-refractivity contribution < 1.29 is 24.8 Å². The molecular weight excluding hydrogens is 332 g/mol. The smallest absolute Gasteiger partial charge is 0.116 e. The zero-order valence-corrected chi connectivity index (χ0v) is 14.4. The molecule has 0 spiro atoms. The number of hydrogen-bond donors (Lipinski definition) is 3. The van der Waals surface area contributed by atoms with Gasteiger partial charge >= 0.3 is 0 Å². The third-order valence-corrected chi connectivity index (χ3v) is 4.50. The van der Waals surface area contributed by atoms with Crippen LogP contribution in [0.3, 0.4) is 0 Å². The minimum atomic E-state index is -1.07. The molecule has 3 rings (SSSR count). The maximum absolute atomic E-state index is 10.6. The Hall–Kier alpha value is -2.02. The van der Waals surface area contributed by atoms with Gasteiger partial charge < -0.3 is 24.8 Å². The lowest BCUT2D eigenvalue weighted by Crippen LogP contribution is -2.51. The summed E-state index contributed by atoms with van der Waals surface area (Å²) < 4.78 is 11.6. The molecule has 1 aliphatic rings. The van der Waals surface area contributed by atoms with Crippen LogP contribution in [-0.4, -0.2) is 46.3 Å². The molecule has 0 radical (unpaired) electrons. The van der Waals surface area contributed by atoms with Gasteiger partial charge in [-0.1, -0.05) is 60.7 Å². The molecule has 3 N–H and O–H groups in total. The molecule has 2 aromatic carbocycles. The van der Waals surface area contributed by atoms with E-state index in [1.807, 2.05) is 60.7 Å². The molecule has 5 nitrogen and oxygen atoms in total. The number of ether oxygens (including phenoxy) is 2. The first kappa shape index (κ1) is 18.8. The third kappa shape index (κ3) is 4.58. The maximum atomic E-state index is 10.6. The highest BCUT2D eigenvalue weighted by molar-refractivity contribution is 5.22. The number of aliphatic hydroxyl groups excluding tert-OH is 3. The van der Waals surface area contributed by atoms with E-state index in [1.165, 1.54) is 0 Å². The quantitative estimate of drug-likeness (QED) is 0.660. The van der Waals surface area contributed by atoms with Gasteiger partial charge in [0.1, 0.15) is 24.4 Å². The fourth-order valence-electron chi connectivity index (χ4n) is 3.01. The van der Waals surface area contributed by atoms with Crippen LogP contribution in [0.2, 0.25) is 0 Å². The molecule has 4 atom stereocenters. The van der Waals surface area contributed by atoms with E-state index in [1.54, 1.807) is 6.08 Å². The van der Waals surface area contributed by atoms with E-state index in [0.717, 1.165) is 11.1 Å². The summed E-state index contributed by atoms with van der Waals surface area (Å²) in [5, 5.41) is 30.6. The van der Waals surface area contributed by atoms with Crippen molar-refractivity contribution in [3.63, 3.8) is 0 Å². The molecule has 138 valence electrons. The van der Waals surface area contributed by atoms with Crippen LogP contribution in [0.1, 0.15) is 11.1 Å². The Morgan fingerprint density at radius 3 is 1.85 bits per heavy atom. The van der Waals surface area contributed by atoms with Crippen molar-refractivity contribution in [1.29, 1.82) is 0 Å². The van der Waals surface area contributed by atoms with Gasteiger partial charge in [0.15, 0.2) is 0 Å². The lowest BCUT2D eigenvalue weighted by Gasteiger charge is -2.37. The number of aliphatic hydroxyl groups is 3. The minimum absolute atomic E-state index is 0.254. The van der Waals surface area contributed by atoms with Crippen molar-refractivity contribution >= 4 is 0 Å². The second-order valence-corrected chi connectivity index (χ2v) is 6.36. The molecule has 0 aromatic heterocycles. The maximum Gasteiger partial charge on any atom is 0.116 e. The molecule has 0 amide bonds. The summed E-state index contributed by atoms with van der Waals surface area (Å²) in [5.41, 5.74) is 2.31. The van der Waals surface area contributed by atoms with E-state index in [4.69, 9.17) is 9.47 Å². The normalized spacial score (nSPS) is 25.7. The van der Waals surface area contributed by atoms with Gasteiger partial charge in [-0.2, -0.15) is 0 Å². The van der Waals surface area contributed by atoms with Gasteiger partial charge in [0.05, 0.1) is 19.8 Å². The molecule has 5 heteroatoms. The summed E-state index contributed by atoms with van der Waals surface area (Å²) in [4.78, 5) is 0. The monoisotopic (exact) mass is 356 g/mol. The lowest BCUT2D eigenvalue weighted by atomic mass is 9.89. The van der Waals surface area contributed by atoms with Crippen molar-refractivity contribution in [3.05, 3.63) is 83.4 Å². The summed E-state index contributed by atoms with van der Waals surface area (Å²) in [6.07, 6.45) is -2.06. The predicted molar refractivity (Wildman–Crippen MR) is 97.2 cm³/mol. The van der Waals surface area contributed by atoms with Gasteiger partial charge in [0, 0.05) is 0 Å². The molecule has 0 fully saturated rings. The highest BCUT2D eigenvalue weighted by atomic mass is 16.5. The molecule has 0 saturated heterocycles. The van der Waals surface area contributed by atoms with Crippen LogP contribution in [0.5, 0.6) is 0 Å². The second kappa shape index (κ2) is 9.07. The van der Waals surface area contributed by atoms with E-state index in [0.29, 0.717) is 12.2 Å². The van der Waals surface area contributed by atoms with Crippen LogP contribution >= 0.6 is 0 Å². The Labute approximate surface area is 153 Å². The average Bonchev–Trinajstić information content (AvgIpc) is 2.69. The van der Waals surface area contributed by atoms with Gasteiger partial charge in [-0.15, -0.1) is 0 Å². The standard InChI is InChI=1S/C21H24O5/c22-12-17-11-18(25-13-15-7-3-1-4-8-15)20(24)21(19(17)23)26-14-16-9-5-2-6-10-16/h1-11,18-24H,12-14H2/t18-,19-,20+,21-/m0/s1. The molecule has 26 heavy (non-hydrogen) atoms. The van der Waals surface area contributed by atoms with Gasteiger partial charge in [0.25, 0.3) is 0 Å². The highest BCUT2D eigenvalue weighted by Gasteiger charge is 2.39. The zero-order chi connectivity index (χ0) is 18.4. The molecular formula is C21H24O5. The zero-order valence-electron chi connectivity index (χ0n) is 14.4. The Bertz CT molecular complexity index is 701. The Balaban J connectivity index is 1.68. The van der Waals surface area contributed by atoms with Crippen molar-refractivity contribution in [1.82, 2.24) is 0 Å². The molecule has 0 aliphatic heterocycles. The largest absolute Gasteiger partial charge is 0.392 e. The van der Waals surface area contributed by atoms with E-state index in [2.05, 4.69) is 0 Å². The highest BCUT2D eigenvalue weighted by Crippen LogP contribution is 2.26. The fraction of sp³-hybridized carbons (Fsp3) is 0.333. The van der Waals surface area contributed by atoms with E-state index in [9.17, 15) is 15.3 Å². The first-order valence-electron chi connectivity index (χ1n) is 8.67. The molecule has 0 bridgehead atoms. The lowest BCUT2D eigenvalue weighted by molar-refractivity contribution is -0.145. The predicted octanol–water partition coefficient (Wildman–Crippen LogP) is 1.81. The Kier molecular flexibility index (Phi) is 6.55. The van der Waals surface area contributed by atoms with Crippen LogP contribution in [-0.2, 0) is 22.7 Å². The van der Waals surface area contributed by atoms with Crippen LogP contribution in [0, 0.1) is 0 Å². The summed E-state index contributed by atoms with van der Waals surface area (Å²) >= 11 is 0. The minimum Gasteiger partial charge on any atom is -0.392 e. The van der Waals surface area contributed by atoms with Crippen LogP contribution in [0.4, 0.5) is 0 Å². The SMILES string of the molecule is OCC1=C[C@H](OCc2ccccc2)[C@@H](O)[C@@H](OCc2ccccc2)[C@H]1O. The van der Waals surface area contributed by atoms with Crippen molar-refractivity contribution in [2.45, 2.75) is 37.6 Å². The summed E-state index contributed by atoms with van der Waals surface area (Å²) in [6, 6.07) is 19.2. The van der Waals surface area contributed by atoms with Crippen molar-refractivity contribution in [3.8, 4) is 0 Å². The number of benzene rings is 2. The summed E-state index contributed by atoms with van der Waals surface area (Å²) in [7, 11) is 0. The van der Waals surface area contributed by atoms with Crippen LogP contribution in [0.25, 0.3) is 0 Å². The molecule has 0 heterocycles. The number of hydrogen-bond acceptors (Lipinski definition) is 5. The van der Waals surface area contributed by atoms with Crippen molar-refractivity contribution in [2.75, 3.05) is 6.61 Å². The average molecular weight is 356 g/mol. The van der Waals surface area contributed by atoms with Gasteiger partial charge in [-0.05, 0) is 22.8 Å².